The minimum Gasteiger partial charge on any atom is -0.493 e. The van der Waals surface area contributed by atoms with Gasteiger partial charge < -0.3 is 14.2 Å². The molecule has 1 rings (SSSR count). The number of hydrogen-bond acceptors (Lipinski definition) is 3. The van der Waals surface area contributed by atoms with Crippen LogP contribution in [-0.4, -0.2) is 21.3 Å². The van der Waals surface area contributed by atoms with Crippen molar-refractivity contribution in [1.29, 1.82) is 0 Å². The summed E-state index contributed by atoms with van der Waals surface area (Å²) < 4.78 is 15.9. The van der Waals surface area contributed by atoms with Crippen LogP contribution in [0.1, 0.15) is 18.1 Å². The lowest BCUT2D eigenvalue weighted by molar-refractivity contribution is 0.322. The van der Waals surface area contributed by atoms with E-state index in [4.69, 9.17) is 14.2 Å². The van der Waals surface area contributed by atoms with E-state index >= 15 is 0 Å². The van der Waals surface area contributed by atoms with Gasteiger partial charge in [-0.05, 0) is 25.0 Å². The first-order valence-electron chi connectivity index (χ1n) is 4.98. The summed E-state index contributed by atoms with van der Waals surface area (Å²) in [7, 11) is 4.90. The number of ether oxygens (including phenoxy) is 3. The molecule has 0 N–H and O–H groups in total. The Morgan fingerprint density at radius 1 is 1.00 bits per heavy atom. The molecule has 84 valence electrons. The van der Waals surface area contributed by atoms with Crippen LogP contribution in [-0.2, 0) is 6.42 Å². The zero-order valence-corrected chi connectivity index (χ0v) is 10.0. The molecule has 0 fully saturated rings. The maximum atomic E-state index is 5.38. The van der Waals surface area contributed by atoms with Gasteiger partial charge in [0, 0.05) is 5.56 Å². The molecule has 0 saturated heterocycles. The lowest BCUT2D eigenvalue weighted by atomic mass is 10.0. The maximum Gasteiger partial charge on any atom is 0.203 e. The van der Waals surface area contributed by atoms with Crippen molar-refractivity contribution >= 4 is 0 Å². The van der Waals surface area contributed by atoms with Crippen molar-refractivity contribution in [3.8, 4) is 17.2 Å². The molecular formula is C12H18O3. The molecule has 15 heavy (non-hydrogen) atoms. The summed E-state index contributed by atoms with van der Waals surface area (Å²) in [6.45, 7) is 4.14. The van der Waals surface area contributed by atoms with Crippen molar-refractivity contribution in [1.82, 2.24) is 0 Å². The van der Waals surface area contributed by atoms with Crippen molar-refractivity contribution in [2.75, 3.05) is 21.3 Å². The predicted octanol–water partition coefficient (Wildman–Crippen LogP) is 2.58. The zero-order chi connectivity index (χ0) is 11.4. The summed E-state index contributed by atoms with van der Waals surface area (Å²) in [6.07, 6.45) is 0.912. The summed E-state index contributed by atoms with van der Waals surface area (Å²) in [5.74, 6) is 2.16. The van der Waals surface area contributed by atoms with Gasteiger partial charge in [-0.15, -0.1) is 0 Å². The van der Waals surface area contributed by atoms with Crippen molar-refractivity contribution in [2.24, 2.45) is 0 Å². The van der Waals surface area contributed by atoms with E-state index in [0.717, 1.165) is 23.3 Å². The van der Waals surface area contributed by atoms with Gasteiger partial charge in [-0.2, -0.15) is 0 Å². The van der Waals surface area contributed by atoms with Gasteiger partial charge in [0.15, 0.2) is 11.5 Å². The van der Waals surface area contributed by atoms with Crippen LogP contribution < -0.4 is 14.2 Å². The summed E-state index contributed by atoms with van der Waals surface area (Å²) in [4.78, 5) is 0. The fourth-order valence-corrected chi connectivity index (χ4v) is 1.78. The van der Waals surface area contributed by atoms with Gasteiger partial charge in [0.2, 0.25) is 5.75 Å². The Bertz CT molecular complexity index is 345. The van der Waals surface area contributed by atoms with Crippen LogP contribution in [0.4, 0.5) is 0 Å². The Kier molecular flexibility index (Phi) is 3.83. The SMILES string of the molecule is CCc1c(C)cc(OC)c(OC)c1OC. The molecule has 0 radical (unpaired) electrons. The van der Waals surface area contributed by atoms with Gasteiger partial charge in [-0.1, -0.05) is 6.92 Å². The van der Waals surface area contributed by atoms with E-state index in [9.17, 15) is 0 Å². The highest BCUT2D eigenvalue weighted by Gasteiger charge is 2.17. The first kappa shape index (κ1) is 11.7. The normalized spacial score (nSPS) is 9.93. The Morgan fingerprint density at radius 3 is 2.00 bits per heavy atom. The van der Waals surface area contributed by atoms with E-state index in [0.29, 0.717) is 11.5 Å². The van der Waals surface area contributed by atoms with Crippen LogP contribution in [0.15, 0.2) is 6.07 Å². The topological polar surface area (TPSA) is 27.7 Å². The van der Waals surface area contributed by atoms with Crippen molar-refractivity contribution in [3.63, 3.8) is 0 Å². The molecule has 0 saturated carbocycles. The second-order valence-electron chi connectivity index (χ2n) is 3.29. The molecule has 3 nitrogen and oxygen atoms in total. The van der Waals surface area contributed by atoms with Crippen molar-refractivity contribution < 1.29 is 14.2 Å². The Hall–Kier alpha value is -1.38. The number of rotatable bonds is 4. The molecule has 0 aliphatic carbocycles. The third-order valence-corrected chi connectivity index (χ3v) is 2.51. The molecular weight excluding hydrogens is 192 g/mol. The fourth-order valence-electron chi connectivity index (χ4n) is 1.78. The van der Waals surface area contributed by atoms with Crippen LogP contribution in [0.2, 0.25) is 0 Å². The van der Waals surface area contributed by atoms with Crippen molar-refractivity contribution in [2.45, 2.75) is 20.3 Å². The number of benzene rings is 1. The molecule has 0 heterocycles. The highest BCUT2D eigenvalue weighted by Crippen LogP contribution is 2.41. The summed E-state index contributed by atoms with van der Waals surface area (Å²) in [5, 5.41) is 0. The summed E-state index contributed by atoms with van der Waals surface area (Å²) in [6, 6.07) is 1.97. The summed E-state index contributed by atoms with van der Waals surface area (Å²) in [5.41, 5.74) is 2.32. The van der Waals surface area contributed by atoms with Gasteiger partial charge in [-0.25, -0.2) is 0 Å². The quantitative estimate of drug-likeness (QED) is 0.764. The van der Waals surface area contributed by atoms with Crippen LogP contribution in [0, 0.1) is 6.92 Å². The largest absolute Gasteiger partial charge is 0.493 e. The smallest absolute Gasteiger partial charge is 0.203 e. The molecule has 0 amide bonds. The van der Waals surface area contributed by atoms with E-state index in [1.807, 2.05) is 13.0 Å². The maximum absolute atomic E-state index is 5.38. The Labute approximate surface area is 91.0 Å². The monoisotopic (exact) mass is 210 g/mol. The Morgan fingerprint density at radius 2 is 1.60 bits per heavy atom. The molecule has 1 aromatic rings. The molecule has 0 aliphatic rings. The van der Waals surface area contributed by atoms with E-state index in [1.165, 1.54) is 0 Å². The third kappa shape index (κ3) is 2.01. The molecule has 3 heteroatoms. The van der Waals surface area contributed by atoms with Gasteiger partial charge in [0.05, 0.1) is 21.3 Å². The molecule has 0 aliphatic heterocycles. The van der Waals surface area contributed by atoms with E-state index in [-0.39, 0.29) is 0 Å². The first-order valence-corrected chi connectivity index (χ1v) is 4.98. The number of aryl methyl sites for hydroxylation is 1. The van der Waals surface area contributed by atoms with Crippen molar-refractivity contribution in [3.05, 3.63) is 17.2 Å². The standard InChI is InChI=1S/C12H18O3/c1-6-9-8(2)7-10(13-3)12(15-5)11(9)14-4/h7H,6H2,1-5H3. The summed E-state index contributed by atoms with van der Waals surface area (Å²) >= 11 is 0. The molecule has 0 spiro atoms. The number of hydrogen-bond donors (Lipinski definition) is 0. The van der Waals surface area contributed by atoms with Gasteiger partial charge in [0.1, 0.15) is 0 Å². The van der Waals surface area contributed by atoms with Gasteiger partial charge in [-0.3, -0.25) is 0 Å². The second kappa shape index (κ2) is 4.91. The average Bonchev–Trinajstić information content (AvgIpc) is 2.27. The van der Waals surface area contributed by atoms with Crippen LogP contribution in [0.25, 0.3) is 0 Å². The molecule has 0 unspecified atom stereocenters. The van der Waals surface area contributed by atoms with Gasteiger partial charge in [0.25, 0.3) is 0 Å². The first-order chi connectivity index (χ1) is 7.19. The lowest BCUT2D eigenvalue weighted by Crippen LogP contribution is -2.00. The number of methoxy groups -OCH3 is 3. The minimum absolute atomic E-state index is 0.669. The zero-order valence-electron chi connectivity index (χ0n) is 10.0. The highest BCUT2D eigenvalue weighted by molar-refractivity contribution is 5.58. The third-order valence-electron chi connectivity index (χ3n) is 2.51. The molecule has 1 aromatic carbocycles. The lowest BCUT2D eigenvalue weighted by Gasteiger charge is -2.17. The molecule has 0 aromatic heterocycles. The average molecular weight is 210 g/mol. The fraction of sp³-hybridized carbons (Fsp3) is 0.500. The second-order valence-corrected chi connectivity index (χ2v) is 3.29. The molecule has 0 atom stereocenters. The minimum atomic E-state index is 0.669. The van der Waals surface area contributed by atoms with E-state index < -0.39 is 0 Å². The van der Waals surface area contributed by atoms with Crippen LogP contribution in [0.5, 0.6) is 17.2 Å². The molecule has 0 bridgehead atoms. The highest BCUT2D eigenvalue weighted by atomic mass is 16.5. The Balaban J connectivity index is 3.44. The predicted molar refractivity (Wildman–Crippen MR) is 60.2 cm³/mol. The van der Waals surface area contributed by atoms with Gasteiger partial charge >= 0.3 is 0 Å². The van der Waals surface area contributed by atoms with E-state index in [2.05, 4.69) is 6.92 Å². The van der Waals surface area contributed by atoms with Crippen LogP contribution in [0.3, 0.4) is 0 Å². The van der Waals surface area contributed by atoms with E-state index in [1.54, 1.807) is 21.3 Å². The van der Waals surface area contributed by atoms with Crippen LogP contribution >= 0.6 is 0 Å².